The van der Waals surface area contributed by atoms with Crippen LogP contribution < -0.4 is 0 Å². The molecule has 0 fully saturated rings. The maximum absolute atomic E-state index is 10.8. The van der Waals surface area contributed by atoms with E-state index in [9.17, 15) is 4.57 Å². The normalized spacial score (nSPS) is 14.7. The highest BCUT2D eigenvalue weighted by Crippen LogP contribution is 2.20. The molecule has 0 aromatic carbocycles. The fourth-order valence-electron chi connectivity index (χ4n) is 0.605. The van der Waals surface area contributed by atoms with Gasteiger partial charge in [0.25, 0.3) is 0 Å². The quantitative estimate of drug-likeness (QED) is 0.497. The van der Waals surface area contributed by atoms with E-state index in [1.54, 1.807) is 0 Å². The minimum absolute atomic E-state index is 0.134. The van der Waals surface area contributed by atoms with Crippen LogP contribution in [0, 0.1) is 0 Å². The summed E-state index contributed by atoms with van der Waals surface area (Å²) in [6.07, 6.45) is 0.611. The Labute approximate surface area is 75.3 Å². The number of hydrogen-bond acceptors (Lipinski definition) is 3. The zero-order valence-corrected chi connectivity index (χ0v) is 9.35. The zero-order chi connectivity index (χ0) is 9.61. The van der Waals surface area contributed by atoms with Crippen molar-refractivity contribution in [2.24, 2.45) is 0 Å². The molecule has 0 saturated heterocycles. The van der Waals surface area contributed by atoms with E-state index in [1.807, 2.05) is 27.7 Å². The Balaban J connectivity index is 3.28. The van der Waals surface area contributed by atoms with E-state index in [2.05, 4.69) is 0 Å². The monoisotopic (exact) mass is 194 g/mol. The molecule has 0 aromatic rings. The average Bonchev–Trinajstić information content (AvgIpc) is 1.96. The Morgan fingerprint density at radius 3 is 2.25 bits per heavy atom. The van der Waals surface area contributed by atoms with Crippen LogP contribution in [0.4, 0.5) is 0 Å². The van der Waals surface area contributed by atoms with Gasteiger partial charge in [-0.1, -0.05) is 6.92 Å². The molecule has 0 N–H and O–H groups in total. The van der Waals surface area contributed by atoms with Gasteiger partial charge in [0.15, 0.2) is 8.03 Å². The third kappa shape index (κ3) is 8.25. The fraction of sp³-hybridized carbons (Fsp3) is 1.00. The van der Waals surface area contributed by atoms with Gasteiger partial charge in [0.1, 0.15) is 0 Å². The van der Waals surface area contributed by atoms with Crippen molar-refractivity contribution >= 4 is 8.03 Å². The van der Waals surface area contributed by atoms with Crippen LogP contribution in [0.3, 0.4) is 0 Å². The first-order chi connectivity index (χ1) is 5.45. The summed E-state index contributed by atoms with van der Waals surface area (Å²) in [7, 11) is -1.78. The van der Waals surface area contributed by atoms with Crippen molar-refractivity contribution < 1.29 is 13.8 Å². The molecule has 0 spiro atoms. The van der Waals surface area contributed by atoms with E-state index >= 15 is 0 Å². The molecule has 0 bridgehead atoms. The summed E-state index contributed by atoms with van der Waals surface area (Å²) in [5, 5.41) is 0. The van der Waals surface area contributed by atoms with Gasteiger partial charge in [0, 0.05) is 6.16 Å². The molecular formula is C8H19O3P. The molecule has 4 heteroatoms. The standard InChI is InChI=1S/C8H19O3P/c1-5-12(9)11-7-6-10-8(2,3)4/h12H,5-7H2,1-4H3. The maximum Gasteiger partial charge on any atom is 0.191 e. The third-order valence-corrected chi connectivity index (χ3v) is 2.27. The number of hydrogen-bond donors (Lipinski definition) is 0. The Morgan fingerprint density at radius 2 is 1.83 bits per heavy atom. The highest BCUT2D eigenvalue weighted by Gasteiger charge is 2.09. The molecule has 0 heterocycles. The van der Waals surface area contributed by atoms with E-state index in [0.717, 1.165) is 0 Å². The van der Waals surface area contributed by atoms with E-state index in [0.29, 0.717) is 19.4 Å². The SMILES string of the molecule is CC[PH](=O)OCCOC(C)(C)C. The third-order valence-electron chi connectivity index (χ3n) is 1.17. The van der Waals surface area contributed by atoms with Crippen molar-refractivity contribution in [1.29, 1.82) is 0 Å². The lowest BCUT2D eigenvalue weighted by Gasteiger charge is -2.19. The lowest BCUT2D eigenvalue weighted by Crippen LogP contribution is -2.21. The summed E-state index contributed by atoms with van der Waals surface area (Å²) >= 11 is 0. The molecule has 12 heavy (non-hydrogen) atoms. The van der Waals surface area contributed by atoms with Gasteiger partial charge in [-0.3, -0.25) is 4.57 Å². The van der Waals surface area contributed by atoms with Crippen LogP contribution in [-0.2, 0) is 13.8 Å². The molecular weight excluding hydrogens is 175 g/mol. The molecule has 74 valence electrons. The molecule has 0 aromatic heterocycles. The van der Waals surface area contributed by atoms with Gasteiger partial charge < -0.3 is 9.26 Å². The first-order valence-corrected chi connectivity index (χ1v) is 5.77. The molecule has 0 rings (SSSR count). The molecule has 0 radical (unpaired) electrons. The van der Waals surface area contributed by atoms with Gasteiger partial charge in [-0.25, -0.2) is 0 Å². The van der Waals surface area contributed by atoms with Crippen molar-refractivity contribution in [3.63, 3.8) is 0 Å². The Hall–Kier alpha value is 0.150. The summed E-state index contributed by atoms with van der Waals surface area (Å²) in [4.78, 5) is 0. The fourth-order valence-corrected chi connectivity index (χ4v) is 1.12. The molecule has 1 unspecified atom stereocenters. The number of ether oxygens (including phenoxy) is 1. The van der Waals surface area contributed by atoms with Crippen molar-refractivity contribution in [2.75, 3.05) is 19.4 Å². The van der Waals surface area contributed by atoms with E-state index in [4.69, 9.17) is 9.26 Å². The molecule has 3 nitrogen and oxygen atoms in total. The molecule has 0 aliphatic carbocycles. The first-order valence-electron chi connectivity index (χ1n) is 4.25. The van der Waals surface area contributed by atoms with E-state index in [-0.39, 0.29) is 5.60 Å². The minimum Gasteiger partial charge on any atom is -0.373 e. The van der Waals surface area contributed by atoms with Crippen LogP contribution in [0.15, 0.2) is 0 Å². The van der Waals surface area contributed by atoms with Gasteiger partial charge in [0.2, 0.25) is 0 Å². The molecule has 0 aliphatic heterocycles. The predicted molar refractivity (Wildman–Crippen MR) is 51.2 cm³/mol. The Kier molecular flexibility index (Phi) is 5.81. The smallest absolute Gasteiger partial charge is 0.191 e. The van der Waals surface area contributed by atoms with E-state index < -0.39 is 8.03 Å². The summed E-state index contributed by atoms with van der Waals surface area (Å²) in [6, 6.07) is 0. The Morgan fingerprint density at radius 1 is 1.25 bits per heavy atom. The number of rotatable bonds is 5. The van der Waals surface area contributed by atoms with Crippen LogP contribution in [0.2, 0.25) is 0 Å². The van der Waals surface area contributed by atoms with Gasteiger partial charge in [-0.2, -0.15) is 0 Å². The van der Waals surface area contributed by atoms with E-state index in [1.165, 1.54) is 0 Å². The summed E-state index contributed by atoms with van der Waals surface area (Å²) in [5.41, 5.74) is -0.134. The van der Waals surface area contributed by atoms with Crippen LogP contribution in [0.1, 0.15) is 27.7 Å². The van der Waals surface area contributed by atoms with Crippen molar-refractivity contribution in [1.82, 2.24) is 0 Å². The van der Waals surface area contributed by atoms with Crippen LogP contribution in [0.25, 0.3) is 0 Å². The average molecular weight is 194 g/mol. The molecule has 1 atom stereocenters. The van der Waals surface area contributed by atoms with Crippen LogP contribution >= 0.6 is 8.03 Å². The summed E-state index contributed by atoms with van der Waals surface area (Å²) < 4.78 is 21.2. The van der Waals surface area contributed by atoms with Crippen molar-refractivity contribution in [3.8, 4) is 0 Å². The second-order valence-electron chi connectivity index (χ2n) is 3.53. The molecule has 0 aliphatic rings. The predicted octanol–water partition coefficient (Wildman–Crippen LogP) is 2.31. The second-order valence-corrected chi connectivity index (χ2v) is 5.27. The van der Waals surface area contributed by atoms with Gasteiger partial charge >= 0.3 is 0 Å². The second kappa shape index (κ2) is 5.74. The summed E-state index contributed by atoms with van der Waals surface area (Å²) in [5.74, 6) is 0. The molecule has 0 saturated carbocycles. The summed E-state index contributed by atoms with van der Waals surface area (Å²) in [6.45, 7) is 8.75. The largest absolute Gasteiger partial charge is 0.373 e. The van der Waals surface area contributed by atoms with Crippen molar-refractivity contribution in [2.45, 2.75) is 33.3 Å². The van der Waals surface area contributed by atoms with Gasteiger partial charge in [0.05, 0.1) is 18.8 Å². The lowest BCUT2D eigenvalue weighted by atomic mass is 10.2. The topological polar surface area (TPSA) is 35.5 Å². The highest BCUT2D eigenvalue weighted by atomic mass is 31.1. The highest BCUT2D eigenvalue weighted by molar-refractivity contribution is 7.39. The first kappa shape index (κ1) is 12.2. The maximum atomic E-state index is 10.8. The Bertz CT molecular complexity index is 140. The van der Waals surface area contributed by atoms with Gasteiger partial charge in [-0.05, 0) is 20.8 Å². The zero-order valence-electron chi connectivity index (χ0n) is 8.35. The lowest BCUT2D eigenvalue weighted by molar-refractivity contribution is -0.0154. The van der Waals surface area contributed by atoms with Crippen LogP contribution in [-0.4, -0.2) is 25.0 Å². The van der Waals surface area contributed by atoms with Crippen LogP contribution in [0.5, 0.6) is 0 Å². The van der Waals surface area contributed by atoms with Gasteiger partial charge in [-0.15, -0.1) is 0 Å². The minimum atomic E-state index is -1.78. The molecule has 0 amide bonds. The van der Waals surface area contributed by atoms with Crippen molar-refractivity contribution in [3.05, 3.63) is 0 Å².